The van der Waals surface area contributed by atoms with Crippen LogP contribution in [0, 0.1) is 0 Å². The molecule has 3 N–H and O–H groups in total. The minimum atomic E-state index is 0. The predicted molar refractivity (Wildman–Crippen MR) is 122 cm³/mol. The summed E-state index contributed by atoms with van der Waals surface area (Å²) in [6, 6.07) is 12.9. The maximum Gasteiger partial charge on any atom is 0.121 e. The van der Waals surface area contributed by atoms with Crippen LogP contribution in [-0.2, 0) is 13.0 Å². The number of hydrogen-bond acceptors (Lipinski definition) is 4. The summed E-state index contributed by atoms with van der Waals surface area (Å²) in [6.07, 6.45) is 10.1. The van der Waals surface area contributed by atoms with E-state index in [0.29, 0.717) is 6.04 Å². The van der Waals surface area contributed by atoms with Crippen LogP contribution in [-0.4, -0.2) is 31.9 Å². The third-order valence-electron chi connectivity index (χ3n) is 6.41. The van der Waals surface area contributed by atoms with Crippen molar-refractivity contribution in [2.45, 2.75) is 63.1 Å². The summed E-state index contributed by atoms with van der Waals surface area (Å²) in [4.78, 5) is 15.7. The fourth-order valence-corrected chi connectivity index (χ4v) is 4.60. The van der Waals surface area contributed by atoms with Crippen LogP contribution in [0.2, 0.25) is 0 Å². The van der Waals surface area contributed by atoms with Crippen LogP contribution in [0.15, 0.2) is 42.6 Å². The monoisotopic (exact) mass is 455 g/mol. The van der Waals surface area contributed by atoms with E-state index >= 15 is 0 Å². The van der Waals surface area contributed by atoms with Crippen LogP contribution in [0.25, 0.3) is 11.0 Å². The van der Waals surface area contributed by atoms with E-state index in [-0.39, 0.29) is 22.5 Å². The first-order valence-electron chi connectivity index (χ1n) is 10.6. The number of nitrogens with zero attached hydrogens (tertiary/aromatic N) is 3. The number of benzene rings is 1. The average Bonchev–Trinajstić information content (AvgIpc) is 3.31. The maximum absolute atomic E-state index is 6.34. The number of nitrogens with one attached hydrogen (secondary N) is 1. The van der Waals surface area contributed by atoms with Crippen molar-refractivity contribution in [1.82, 2.24) is 19.9 Å². The molecule has 5 nitrogen and oxygen atoms in total. The number of hydrogen-bond donors (Lipinski definition) is 2. The van der Waals surface area contributed by atoms with Crippen LogP contribution < -0.4 is 5.73 Å². The van der Waals surface area contributed by atoms with Crippen molar-refractivity contribution in [1.29, 1.82) is 0 Å². The van der Waals surface area contributed by atoms with Gasteiger partial charge in [0, 0.05) is 11.7 Å². The molecule has 2 aliphatic rings. The number of nitrogens with two attached hydrogens (primary N) is 1. The van der Waals surface area contributed by atoms with Crippen LogP contribution in [0.3, 0.4) is 0 Å². The van der Waals surface area contributed by atoms with Crippen LogP contribution >= 0.6 is 17.0 Å². The molecule has 2 heterocycles. The molecule has 0 bridgehead atoms. The van der Waals surface area contributed by atoms with Crippen LogP contribution in [0.5, 0.6) is 0 Å². The summed E-state index contributed by atoms with van der Waals surface area (Å²) >= 11 is 0. The van der Waals surface area contributed by atoms with E-state index in [0.717, 1.165) is 55.6 Å². The largest absolute Gasteiger partial charge is 0.341 e. The van der Waals surface area contributed by atoms with E-state index < -0.39 is 0 Å². The molecule has 1 fully saturated rings. The highest BCUT2D eigenvalue weighted by molar-refractivity contribution is 8.93. The molecule has 2 aromatic heterocycles. The second-order valence-corrected chi connectivity index (χ2v) is 8.59. The van der Waals surface area contributed by atoms with Gasteiger partial charge in [0.05, 0.1) is 29.3 Å². The van der Waals surface area contributed by atoms with Crippen molar-refractivity contribution in [3.05, 3.63) is 59.7 Å². The van der Waals surface area contributed by atoms with Crippen LogP contribution in [0.4, 0.5) is 0 Å². The zero-order valence-electron chi connectivity index (χ0n) is 16.8. The van der Waals surface area contributed by atoms with Gasteiger partial charge in [-0.3, -0.25) is 9.88 Å². The average molecular weight is 456 g/mol. The third kappa shape index (κ3) is 4.55. The molecule has 6 heteroatoms. The quantitative estimate of drug-likeness (QED) is 0.541. The number of H-pyrrole nitrogens is 1. The molecule has 5 rings (SSSR count). The lowest BCUT2D eigenvalue weighted by atomic mass is 9.90. The molecule has 1 aromatic carbocycles. The van der Waals surface area contributed by atoms with E-state index in [2.05, 4.69) is 40.2 Å². The van der Waals surface area contributed by atoms with E-state index in [1.165, 1.54) is 30.5 Å². The number of pyridine rings is 1. The van der Waals surface area contributed by atoms with Crippen molar-refractivity contribution in [2.75, 3.05) is 6.54 Å². The van der Waals surface area contributed by atoms with E-state index in [1.54, 1.807) is 0 Å². The summed E-state index contributed by atoms with van der Waals surface area (Å²) in [6.45, 7) is 1.86. The van der Waals surface area contributed by atoms with Crippen molar-refractivity contribution < 1.29 is 0 Å². The van der Waals surface area contributed by atoms with Gasteiger partial charge in [-0.25, -0.2) is 4.98 Å². The topological polar surface area (TPSA) is 70.8 Å². The van der Waals surface area contributed by atoms with E-state index in [9.17, 15) is 0 Å². The molecular formula is C23H30BrN5. The maximum atomic E-state index is 6.34. The minimum absolute atomic E-state index is 0. The molecule has 2 aliphatic carbocycles. The number of aromatic amines is 1. The SMILES string of the molecule is Br.NC1(CCCN(Cc2nc3ccccc3[nH]2)C2CCCc3cccnc32)CC1. The molecule has 0 aliphatic heterocycles. The van der Waals surface area contributed by atoms with Gasteiger partial charge in [0.15, 0.2) is 0 Å². The van der Waals surface area contributed by atoms with Gasteiger partial charge in [-0.15, -0.1) is 17.0 Å². The summed E-state index contributed by atoms with van der Waals surface area (Å²) in [5.74, 6) is 1.04. The molecular weight excluding hydrogens is 426 g/mol. The standard InChI is InChI=1S/C23H29N5.BrH/c24-23(12-13-23)11-5-15-28(16-21-26-18-8-1-2-9-19(18)27-21)20-10-3-6-17-7-4-14-25-22(17)20;/h1-2,4,7-9,14,20H,3,5-6,10-13,15-16,24H2,(H,26,27);1H. The van der Waals surface area contributed by atoms with Gasteiger partial charge in [0.2, 0.25) is 0 Å². The molecule has 29 heavy (non-hydrogen) atoms. The fourth-order valence-electron chi connectivity index (χ4n) is 4.60. The Hall–Kier alpha value is -1.76. The normalized spacial score (nSPS) is 19.7. The highest BCUT2D eigenvalue weighted by Crippen LogP contribution is 2.38. The summed E-state index contributed by atoms with van der Waals surface area (Å²) in [5.41, 5.74) is 11.3. The van der Waals surface area contributed by atoms with Crippen molar-refractivity contribution in [3.8, 4) is 0 Å². The molecule has 1 atom stereocenters. The van der Waals surface area contributed by atoms with Gasteiger partial charge >= 0.3 is 0 Å². The second-order valence-electron chi connectivity index (χ2n) is 8.59. The Morgan fingerprint density at radius 3 is 2.86 bits per heavy atom. The summed E-state index contributed by atoms with van der Waals surface area (Å²) < 4.78 is 0. The summed E-state index contributed by atoms with van der Waals surface area (Å²) in [5, 5.41) is 0. The summed E-state index contributed by atoms with van der Waals surface area (Å²) in [7, 11) is 0. The number of aryl methyl sites for hydroxylation is 1. The zero-order valence-corrected chi connectivity index (χ0v) is 18.5. The molecule has 1 unspecified atom stereocenters. The lowest BCUT2D eigenvalue weighted by Crippen LogP contribution is -2.34. The predicted octanol–water partition coefficient (Wildman–Crippen LogP) is 4.69. The first-order chi connectivity index (χ1) is 13.7. The molecule has 1 saturated carbocycles. The van der Waals surface area contributed by atoms with E-state index in [4.69, 9.17) is 15.7 Å². The van der Waals surface area contributed by atoms with Crippen molar-refractivity contribution in [3.63, 3.8) is 0 Å². The Balaban J connectivity index is 0.00000205. The lowest BCUT2D eigenvalue weighted by molar-refractivity contribution is 0.157. The minimum Gasteiger partial charge on any atom is -0.341 e. The van der Waals surface area contributed by atoms with Crippen LogP contribution in [0.1, 0.15) is 61.6 Å². The van der Waals surface area contributed by atoms with Gasteiger partial charge in [-0.05, 0) is 75.3 Å². The Labute approximate surface area is 182 Å². The van der Waals surface area contributed by atoms with Crippen molar-refractivity contribution in [2.24, 2.45) is 5.73 Å². The number of halogens is 1. The van der Waals surface area contributed by atoms with E-state index in [1.807, 2.05) is 12.3 Å². The number of para-hydroxylation sites is 2. The highest BCUT2D eigenvalue weighted by atomic mass is 79.9. The Bertz CT molecular complexity index is 932. The fraction of sp³-hybridized carbons (Fsp3) is 0.478. The smallest absolute Gasteiger partial charge is 0.121 e. The number of fused-ring (bicyclic) bond motifs is 2. The molecule has 0 spiro atoms. The van der Waals surface area contributed by atoms with Gasteiger partial charge in [-0.1, -0.05) is 18.2 Å². The van der Waals surface area contributed by atoms with Gasteiger partial charge in [-0.2, -0.15) is 0 Å². The van der Waals surface area contributed by atoms with Gasteiger partial charge in [0.25, 0.3) is 0 Å². The highest BCUT2D eigenvalue weighted by Gasteiger charge is 2.37. The molecule has 0 saturated heterocycles. The number of rotatable bonds is 7. The molecule has 154 valence electrons. The van der Waals surface area contributed by atoms with Gasteiger partial charge in [0.1, 0.15) is 5.82 Å². The van der Waals surface area contributed by atoms with Crippen molar-refractivity contribution >= 4 is 28.0 Å². The molecule has 0 radical (unpaired) electrons. The molecule has 3 aromatic rings. The second kappa shape index (κ2) is 8.54. The first-order valence-corrected chi connectivity index (χ1v) is 10.6. The zero-order chi connectivity index (χ0) is 19.0. The number of imidazole rings is 1. The first kappa shape index (κ1) is 20.5. The molecule has 0 amide bonds. The Morgan fingerprint density at radius 1 is 1.17 bits per heavy atom. The third-order valence-corrected chi connectivity index (χ3v) is 6.41. The van der Waals surface area contributed by atoms with Gasteiger partial charge < -0.3 is 10.7 Å². The Kier molecular flexibility index (Phi) is 6.04. The Morgan fingerprint density at radius 2 is 2.03 bits per heavy atom. The lowest BCUT2D eigenvalue weighted by Gasteiger charge is -2.34. The number of aromatic nitrogens is 3.